The van der Waals surface area contributed by atoms with E-state index in [-0.39, 0.29) is 5.54 Å². The second kappa shape index (κ2) is 6.29. The third-order valence-corrected chi connectivity index (χ3v) is 4.96. The van der Waals surface area contributed by atoms with Crippen LogP contribution >= 0.6 is 23.1 Å². The van der Waals surface area contributed by atoms with Crippen molar-refractivity contribution in [2.45, 2.75) is 44.7 Å². The summed E-state index contributed by atoms with van der Waals surface area (Å²) in [5.74, 6) is 0. The van der Waals surface area contributed by atoms with E-state index in [1.165, 1.54) is 15.3 Å². The molecule has 2 nitrogen and oxygen atoms in total. The van der Waals surface area contributed by atoms with E-state index < -0.39 is 0 Å². The lowest BCUT2D eigenvalue weighted by Crippen LogP contribution is -2.34. The number of nitrogens with one attached hydrogen (secondary N) is 1. The smallest absolute Gasteiger partial charge is 0.123 e. The van der Waals surface area contributed by atoms with Crippen LogP contribution in [-0.2, 0) is 6.54 Å². The van der Waals surface area contributed by atoms with Crippen molar-refractivity contribution >= 4 is 23.1 Å². The van der Waals surface area contributed by atoms with Crippen molar-refractivity contribution in [3.63, 3.8) is 0 Å². The fourth-order valence-electron chi connectivity index (χ4n) is 1.79. The number of rotatable bonds is 4. The summed E-state index contributed by atoms with van der Waals surface area (Å²) in [5.41, 5.74) is 2.48. The molecule has 1 heterocycles. The number of aromatic nitrogens is 1. The monoisotopic (exact) mass is 306 g/mol. The van der Waals surface area contributed by atoms with Crippen LogP contribution in [-0.4, -0.2) is 16.8 Å². The molecule has 1 aromatic carbocycles. The predicted octanol–water partition coefficient (Wildman–Crippen LogP) is 4.73. The van der Waals surface area contributed by atoms with Gasteiger partial charge in [0.2, 0.25) is 0 Å². The van der Waals surface area contributed by atoms with Crippen LogP contribution in [0.5, 0.6) is 0 Å². The van der Waals surface area contributed by atoms with Gasteiger partial charge in [-0.05, 0) is 46.1 Å². The van der Waals surface area contributed by atoms with Crippen molar-refractivity contribution in [3.8, 4) is 10.6 Å². The second-order valence-electron chi connectivity index (χ2n) is 5.86. The van der Waals surface area contributed by atoms with E-state index in [1.807, 2.05) is 0 Å². The fraction of sp³-hybridized carbons (Fsp3) is 0.438. The fourth-order valence-corrected chi connectivity index (χ4v) is 3.21. The summed E-state index contributed by atoms with van der Waals surface area (Å²) in [4.78, 5) is 7.32. The normalized spacial score (nSPS) is 11.8. The summed E-state index contributed by atoms with van der Waals surface area (Å²) in [6.07, 6.45) is 2.10. The molecule has 0 spiro atoms. The van der Waals surface area contributed by atoms with Gasteiger partial charge in [0.1, 0.15) is 5.01 Å². The average Bonchev–Trinajstić information content (AvgIpc) is 2.77. The summed E-state index contributed by atoms with van der Waals surface area (Å²) < 4.78 is 0. The highest BCUT2D eigenvalue weighted by Gasteiger charge is 2.13. The first-order valence-electron chi connectivity index (χ1n) is 6.75. The summed E-state index contributed by atoms with van der Waals surface area (Å²) >= 11 is 3.55. The highest BCUT2D eigenvalue weighted by Crippen LogP contribution is 2.29. The van der Waals surface area contributed by atoms with Crippen LogP contribution in [0.25, 0.3) is 10.6 Å². The molecule has 0 fully saturated rings. The zero-order chi connectivity index (χ0) is 14.8. The number of aryl methyl sites for hydroxylation is 1. The Morgan fingerprint density at radius 3 is 2.40 bits per heavy atom. The first kappa shape index (κ1) is 15.5. The van der Waals surface area contributed by atoms with Gasteiger partial charge in [-0.2, -0.15) is 0 Å². The van der Waals surface area contributed by atoms with Gasteiger partial charge in [0, 0.05) is 27.4 Å². The minimum Gasteiger partial charge on any atom is -0.307 e. The van der Waals surface area contributed by atoms with E-state index >= 15 is 0 Å². The minimum atomic E-state index is 0.136. The molecule has 1 N–H and O–H groups in total. The van der Waals surface area contributed by atoms with E-state index in [4.69, 9.17) is 4.98 Å². The molecule has 2 rings (SSSR count). The first-order valence-corrected chi connectivity index (χ1v) is 8.79. The van der Waals surface area contributed by atoms with Crippen LogP contribution in [0.4, 0.5) is 0 Å². The zero-order valence-corrected chi connectivity index (χ0v) is 14.4. The molecular formula is C16H22N2S2. The molecule has 0 bridgehead atoms. The number of hydrogen-bond acceptors (Lipinski definition) is 4. The number of thioether (sulfide) groups is 1. The molecule has 0 saturated carbocycles. The summed E-state index contributed by atoms with van der Waals surface area (Å²) in [5, 5.41) is 4.64. The molecule has 2 aromatic rings. The highest BCUT2D eigenvalue weighted by atomic mass is 32.2. The molecule has 0 saturated heterocycles. The number of hydrogen-bond donors (Lipinski definition) is 1. The van der Waals surface area contributed by atoms with Gasteiger partial charge < -0.3 is 5.32 Å². The highest BCUT2D eigenvalue weighted by molar-refractivity contribution is 7.98. The topological polar surface area (TPSA) is 24.9 Å². The van der Waals surface area contributed by atoms with Crippen LogP contribution in [0.2, 0.25) is 0 Å². The standard InChI is InChI=1S/C16H22N2S2/c1-11-14(10-17-16(2,3)4)20-15(18-11)12-6-8-13(19-5)9-7-12/h6-9,17H,10H2,1-5H3. The molecular weight excluding hydrogens is 284 g/mol. The second-order valence-corrected chi connectivity index (χ2v) is 7.82. The maximum atomic E-state index is 4.71. The van der Waals surface area contributed by atoms with Crippen LogP contribution in [0, 0.1) is 6.92 Å². The Morgan fingerprint density at radius 2 is 1.85 bits per heavy atom. The molecule has 0 aliphatic carbocycles. The van der Waals surface area contributed by atoms with E-state index in [0.29, 0.717) is 0 Å². The molecule has 4 heteroatoms. The van der Waals surface area contributed by atoms with E-state index in [2.05, 4.69) is 63.5 Å². The van der Waals surface area contributed by atoms with Gasteiger partial charge in [0.15, 0.2) is 0 Å². The Hall–Kier alpha value is -0.840. The van der Waals surface area contributed by atoms with Crippen molar-refractivity contribution in [1.82, 2.24) is 10.3 Å². The molecule has 0 radical (unpaired) electrons. The minimum absolute atomic E-state index is 0.136. The van der Waals surface area contributed by atoms with Gasteiger partial charge >= 0.3 is 0 Å². The quantitative estimate of drug-likeness (QED) is 0.827. The van der Waals surface area contributed by atoms with Crippen molar-refractivity contribution in [3.05, 3.63) is 34.8 Å². The van der Waals surface area contributed by atoms with E-state index in [9.17, 15) is 0 Å². The molecule has 20 heavy (non-hydrogen) atoms. The lowest BCUT2D eigenvalue weighted by atomic mass is 10.1. The van der Waals surface area contributed by atoms with Crippen LogP contribution < -0.4 is 5.32 Å². The van der Waals surface area contributed by atoms with Gasteiger partial charge in [0.05, 0.1) is 5.69 Å². The third-order valence-electron chi connectivity index (χ3n) is 3.01. The molecule has 0 aliphatic rings. The van der Waals surface area contributed by atoms with Crippen molar-refractivity contribution < 1.29 is 0 Å². The molecule has 0 unspecified atom stereocenters. The summed E-state index contributed by atoms with van der Waals surface area (Å²) in [6, 6.07) is 8.63. The number of nitrogens with zero attached hydrogens (tertiary/aromatic N) is 1. The Bertz CT molecular complexity index is 565. The largest absolute Gasteiger partial charge is 0.307 e. The lowest BCUT2D eigenvalue weighted by Gasteiger charge is -2.19. The Morgan fingerprint density at radius 1 is 1.20 bits per heavy atom. The Balaban J connectivity index is 2.17. The van der Waals surface area contributed by atoms with E-state index in [1.54, 1.807) is 23.1 Å². The first-order chi connectivity index (χ1) is 9.39. The Labute approximate surface area is 130 Å². The SMILES string of the molecule is CSc1ccc(-c2nc(C)c(CNC(C)(C)C)s2)cc1. The van der Waals surface area contributed by atoms with Crippen LogP contribution in [0.1, 0.15) is 31.3 Å². The van der Waals surface area contributed by atoms with E-state index in [0.717, 1.165) is 17.2 Å². The molecule has 0 amide bonds. The van der Waals surface area contributed by atoms with Crippen molar-refractivity contribution in [1.29, 1.82) is 0 Å². The maximum Gasteiger partial charge on any atom is 0.123 e. The lowest BCUT2D eigenvalue weighted by molar-refractivity contribution is 0.425. The molecule has 108 valence electrons. The predicted molar refractivity (Wildman–Crippen MR) is 90.7 cm³/mol. The van der Waals surface area contributed by atoms with Gasteiger partial charge in [-0.25, -0.2) is 4.98 Å². The molecule has 0 atom stereocenters. The van der Waals surface area contributed by atoms with Gasteiger partial charge in [0.25, 0.3) is 0 Å². The van der Waals surface area contributed by atoms with Crippen LogP contribution in [0.3, 0.4) is 0 Å². The Kier molecular flexibility index (Phi) is 4.89. The number of benzene rings is 1. The molecule has 0 aliphatic heterocycles. The van der Waals surface area contributed by atoms with Gasteiger partial charge in [-0.1, -0.05) is 12.1 Å². The van der Waals surface area contributed by atoms with Gasteiger partial charge in [-0.3, -0.25) is 0 Å². The number of thiazole rings is 1. The average molecular weight is 306 g/mol. The maximum absolute atomic E-state index is 4.71. The third kappa shape index (κ3) is 4.08. The molecule has 1 aromatic heterocycles. The van der Waals surface area contributed by atoms with Gasteiger partial charge in [-0.15, -0.1) is 23.1 Å². The van der Waals surface area contributed by atoms with Crippen molar-refractivity contribution in [2.24, 2.45) is 0 Å². The summed E-state index contributed by atoms with van der Waals surface area (Å²) in [6.45, 7) is 9.54. The van der Waals surface area contributed by atoms with Crippen LogP contribution in [0.15, 0.2) is 29.2 Å². The van der Waals surface area contributed by atoms with Crippen molar-refractivity contribution in [2.75, 3.05) is 6.26 Å². The summed E-state index contributed by atoms with van der Waals surface area (Å²) in [7, 11) is 0. The zero-order valence-electron chi connectivity index (χ0n) is 12.8.